The predicted molar refractivity (Wildman–Crippen MR) is 96.4 cm³/mol. The van der Waals surface area contributed by atoms with E-state index in [1.54, 1.807) is 75.4 Å². The van der Waals surface area contributed by atoms with E-state index >= 15 is 0 Å². The first-order valence-electron chi connectivity index (χ1n) is 7.92. The van der Waals surface area contributed by atoms with E-state index < -0.39 is 7.82 Å². The second kappa shape index (κ2) is 7.54. The zero-order valence-electron chi connectivity index (χ0n) is 14.6. The Hall–Kier alpha value is -2.92. The van der Waals surface area contributed by atoms with E-state index in [0.29, 0.717) is 17.1 Å². The van der Waals surface area contributed by atoms with Crippen LogP contribution in [0.3, 0.4) is 0 Å². The fourth-order valence-corrected chi connectivity index (χ4v) is 3.21. The van der Waals surface area contributed by atoms with Crippen molar-refractivity contribution in [1.29, 1.82) is 0 Å². The monoisotopic (exact) mass is 371 g/mol. The minimum Gasteiger partial charge on any atom is -0.367 e. The van der Waals surface area contributed by atoms with E-state index in [1.807, 2.05) is 0 Å². The first-order chi connectivity index (χ1) is 12.4. The summed E-state index contributed by atoms with van der Waals surface area (Å²) in [4.78, 5) is 12.5. The average Bonchev–Trinajstić information content (AvgIpc) is 2.54. The molecule has 3 aromatic heterocycles. The van der Waals surface area contributed by atoms with Gasteiger partial charge in [0.2, 0.25) is 17.6 Å². The van der Waals surface area contributed by atoms with Gasteiger partial charge in [0.25, 0.3) is 0 Å². The van der Waals surface area contributed by atoms with Gasteiger partial charge < -0.3 is 13.6 Å². The normalized spacial score (nSPS) is 11.0. The van der Waals surface area contributed by atoms with Crippen LogP contribution in [0.2, 0.25) is 0 Å². The van der Waals surface area contributed by atoms with Crippen molar-refractivity contribution in [3.05, 3.63) is 71.7 Å². The Labute approximate surface area is 151 Å². The fourth-order valence-electron chi connectivity index (χ4n) is 2.11. The summed E-state index contributed by atoms with van der Waals surface area (Å²) in [7, 11) is -4.13. The Bertz CT molecular complexity index is 842. The Morgan fingerprint density at radius 2 is 0.923 bits per heavy atom. The molecule has 7 nitrogen and oxygen atoms in total. The molecule has 0 saturated heterocycles. The Morgan fingerprint density at radius 3 is 1.19 bits per heavy atom. The van der Waals surface area contributed by atoms with Gasteiger partial charge in [-0.25, -0.2) is 15.0 Å². The summed E-state index contributed by atoms with van der Waals surface area (Å²) < 4.78 is 29.7. The lowest BCUT2D eigenvalue weighted by molar-refractivity contribution is 0.286. The van der Waals surface area contributed by atoms with Gasteiger partial charge in [-0.1, -0.05) is 18.2 Å². The lowest BCUT2D eigenvalue weighted by Gasteiger charge is -2.18. The van der Waals surface area contributed by atoms with Crippen LogP contribution in [0.5, 0.6) is 17.6 Å². The van der Waals surface area contributed by atoms with Crippen molar-refractivity contribution < 1.29 is 18.1 Å². The maximum Gasteiger partial charge on any atom is 0.650 e. The number of pyridine rings is 3. The molecule has 0 saturated carbocycles. The quantitative estimate of drug-likeness (QED) is 0.592. The summed E-state index contributed by atoms with van der Waals surface area (Å²) in [5, 5.41) is 0. The van der Waals surface area contributed by atoms with Crippen molar-refractivity contribution in [3.8, 4) is 17.6 Å². The molecular formula is C18H18N3O4P. The van der Waals surface area contributed by atoms with Crippen molar-refractivity contribution in [2.45, 2.75) is 20.8 Å². The zero-order chi connectivity index (χ0) is 18.6. The molecule has 8 heteroatoms. The highest BCUT2D eigenvalue weighted by molar-refractivity contribution is 7.49. The third-order valence-electron chi connectivity index (χ3n) is 3.20. The van der Waals surface area contributed by atoms with E-state index in [9.17, 15) is 4.57 Å². The molecule has 0 aliphatic carbocycles. The van der Waals surface area contributed by atoms with Crippen LogP contribution in [0, 0.1) is 20.8 Å². The van der Waals surface area contributed by atoms with Crippen LogP contribution < -0.4 is 13.6 Å². The molecule has 0 aliphatic heterocycles. The number of hydrogen-bond acceptors (Lipinski definition) is 7. The van der Waals surface area contributed by atoms with Crippen LogP contribution in [-0.4, -0.2) is 15.0 Å². The molecule has 3 heterocycles. The molecule has 0 spiro atoms. The number of hydrogen-bond donors (Lipinski definition) is 0. The average molecular weight is 371 g/mol. The van der Waals surface area contributed by atoms with Crippen molar-refractivity contribution in [2.24, 2.45) is 0 Å². The summed E-state index contributed by atoms with van der Waals surface area (Å²) in [5.41, 5.74) is 2.12. The van der Waals surface area contributed by atoms with Gasteiger partial charge in [0.1, 0.15) is 0 Å². The van der Waals surface area contributed by atoms with Crippen molar-refractivity contribution in [2.75, 3.05) is 0 Å². The smallest absolute Gasteiger partial charge is 0.367 e. The summed E-state index contributed by atoms with van der Waals surface area (Å²) in [6.07, 6.45) is 0. The Balaban J connectivity index is 1.92. The molecule has 0 aliphatic rings. The molecule has 0 fully saturated rings. The molecule has 0 N–H and O–H groups in total. The van der Waals surface area contributed by atoms with Gasteiger partial charge in [0.05, 0.1) is 0 Å². The van der Waals surface area contributed by atoms with E-state index in [1.165, 1.54) is 0 Å². The van der Waals surface area contributed by atoms with Crippen LogP contribution >= 0.6 is 7.82 Å². The number of aryl methyl sites for hydroxylation is 3. The van der Waals surface area contributed by atoms with Gasteiger partial charge in [-0.15, -0.1) is 0 Å². The van der Waals surface area contributed by atoms with Crippen molar-refractivity contribution >= 4 is 7.82 Å². The van der Waals surface area contributed by atoms with Gasteiger partial charge in [-0.3, -0.25) is 0 Å². The van der Waals surface area contributed by atoms with Crippen LogP contribution in [0.4, 0.5) is 0 Å². The largest absolute Gasteiger partial charge is 0.650 e. The van der Waals surface area contributed by atoms with Crippen LogP contribution in [0.25, 0.3) is 0 Å². The van der Waals surface area contributed by atoms with Gasteiger partial charge >= 0.3 is 7.82 Å². The highest BCUT2D eigenvalue weighted by Gasteiger charge is 2.35. The lowest BCUT2D eigenvalue weighted by Crippen LogP contribution is -2.10. The second-order valence-corrected chi connectivity index (χ2v) is 7.01. The minimum absolute atomic E-state index is 0.119. The summed E-state index contributed by atoms with van der Waals surface area (Å²) in [6.45, 7) is 5.39. The second-order valence-electron chi connectivity index (χ2n) is 5.57. The molecule has 0 radical (unpaired) electrons. The molecule has 0 amide bonds. The molecule has 0 unspecified atom stereocenters. The van der Waals surface area contributed by atoms with E-state index in [-0.39, 0.29) is 17.6 Å². The van der Waals surface area contributed by atoms with Gasteiger partial charge in [0.15, 0.2) is 0 Å². The van der Waals surface area contributed by atoms with Crippen molar-refractivity contribution in [3.63, 3.8) is 0 Å². The third kappa shape index (κ3) is 4.80. The predicted octanol–water partition coefficient (Wildman–Crippen LogP) is 4.44. The first-order valence-corrected chi connectivity index (χ1v) is 9.38. The maximum atomic E-state index is 13.3. The zero-order valence-corrected chi connectivity index (χ0v) is 15.5. The summed E-state index contributed by atoms with van der Waals surface area (Å²) in [5.74, 6) is 0.357. The van der Waals surface area contributed by atoms with E-state index in [0.717, 1.165) is 0 Å². The first kappa shape index (κ1) is 17.9. The molecule has 3 rings (SSSR count). The molecule has 0 bridgehead atoms. The molecule has 26 heavy (non-hydrogen) atoms. The number of nitrogens with zero attached hydrogens (tertiary/aromatic N) is 3. The molecular weight excluding hydrogens is 353 g/mol. The number of aromatic nitrogens is 3. The molecule has 0 aromatic carbocycles. The highest BCUT2D eigenvalue weighted by Crippen LogP contribution is 2.48. The topological polar surface area (TPSA) is 83.4 Å². The van der Waals surface area contributed by atoms with Crippen LogP contribution in [0.1, 0.15) is 17.1 Å². The Morgan fingerprint density at radius 1 is 0.615 bits per heavy atom. The van der Waals surface area contributed by atoms with Gasteiger partial charge in [-0.2, -0.15) is 4.57 Å². The minimum atomic E-state index is -4.13. The summed E-state index contributed by atoms with van der Waals surface area (Å²) in [6, 6.07) is 15.3. The van der Waals surface area contributed by atoms with Crippen LogP contribution in [0.15, 0.2) is 54.6 Å². The van der Waals surface area contributed by atoms with E-state index in [4.69, 9.17) is 13.6 Å². The fraction of sp³-hybridized carbons (Fsp3) is 0.167. The maximum absolute atomic E-state index is 13.3. The third-order valence-corrected chi connectivity index (χ3v) is 4.44. The van der Waals surface area contributed by atoms with E-state index in [2.05, 4.69) is 15.0 Å². The molecule has 3 aromatic rings. The number of rotatable bonds is 6. The van der Waals surface area contributed by atoms with Gasteiger partial charge in [-0.05, 0) is 39.0 Å². The number of phosphoric ester groups is 1. The lowest BCUT2D eigenvalue weighted by atomic mass is 10.4. The van der Waals surface area contributed by atoms with Crippen molar-refractivity contribution in [1.82, 2.24) is 15.0 Å². The van der Waals surface area contributed by atoms with Crippen LogP contribution in [-0.2, 0) is 4.57 Å². The van der Waals surface area contributed by atoms with Gasteiger partial charge in [0, 0.05) is 35.3 Å². The number of phosphoric acid groups is 1. The molecule has 0 atom stereocenters. The SMILES string of the molecule is Cc1cccc(OP(=O)(Oc2cccc(C)n2)Oc2cccc(C)n2)n1. The Kier molecular flexibility index (Phi) is 5.19. The highest BCUT2D eigenvalue weighted by atomic mass is 31.2. The molecule has 134 valence electrons. The standard InChI is InChI=1S/C18H18N3O4P/c1-13-7-4-10-16(19-13)23-26(22,24-17-11-5-8-14(2)20-17)25-18-12-6-9-15(3)21-18/h4-12H,1-3H3. The summed E-state index contributed by atoms with van der Waals surface area (Å²) >= 11 is 0.